The number of amides is 2. The van der Waals surface area contributed by atoms with Gasteiger partial charge in [-0.3, -0.25) is 4.79 Å². The molecule has 1 aromatic heterocycles. The number of likely N-dealkylation sites (tertiary alicyclic amines) is 1. The number of fused-ring (bicyclic) bond motifs is 2. The Balaban J connectivity index is 1.12. The summed E-state index contributed by atoms with van der Waals surface area (Å²) in [5.41, 5.74) is 0.154. The number of hydrogen-bond acceptors (Lipinski definition) is 7. The quantitative estimate of drug-likeness (QED) is 0.546. The van der Waals surface area contributed by atoms with E-state index in [9.17, 15) is 9.59 Å². The van der Waals surface area contributed by atoms with E-state index in [2.05, 4.69) is 28.7 Å². The van der Waals surface area contributed by atoms with Crippen LogP contribution >= 0.6 is 0 Å². The highest BCUT2D eigenvalue weighted by molar-refractivity contribution is 5.91. The lowest BCUT2D eigenvalue weighted by Crippen LogP contribution is -2.31. The summed E-state index contributed by atoms with van der Waals surface area (Å²) >= 11 is 0. The molecule has 1 N–H and O–H groups in total. The molecule has 1 saturated heterocycles. The summed E-state index contributed by atoms with van der Waals surface area (Å²) < 4.78 is 22.4. The molecule has 35 heavy (non-hydrogen) atoms. The fourth-order valence-electron chi connectivity index (χ4n) is 5.06. The van der Waals surface area contributed by atoms with Crippen LogP contribution in [0, 0.1) is 11.8 Å². The van der Waals surface area contributed by atoms with Crippen molar-refractivity contribution in [2.24, 2.45) is 11.8 Å². The number of carbonyl (C=O) groups excluding carboxylic acids is 2. The topological polar surface area (TPSA) is 103 Å². The van der Waals surface area contributed by atoms with E-state index in [1.807, 2.05) is 25.1 Å². The Kier molecular flexibility index (Phi) is 6.48. The Bertz CT molecular complexity index is 1210. The van der Waals surface area contributed by atoms with Crippen molar-refractivity contribution in [1.29, 1.82) is 0 Å². The Hall–Kier alpha value is -3.75. The van der Waals surface area contributed by atoms with E-state index < -0.39 is 0 Å². The van der Waals surface area contributed by atoms with Crippen LogP contribution in [-0.2, 0) is 11.3 Å². The number of hydrogen-bond donors (Lipinski definition) is 1. The molecule has 0 bridgehead atoms. The second kappa shape index (κ2) is 9.85. The lowest BCUT2D eigenvalue weighted by Gasteiger charge is -2.20. The Labute approximate surface area is 203 Å². The van der Waals surface area contributed by atoms with Crippen molar-refractivity contribution >= 4 is 22.8 Å². The van der Waals surface area contributed by atoms with Crippen LogP contribution in [0.15, 0.2) is 47.0 Å². The van der Waals surface area contributed by atoms with Gasteiger partial charge >= 0.3 is 6.09 Å². The minimum Gasteiger partial charge on any atom is -0.494 e. The predicted molar refractivity (Wildman–Crippen MR) is 127 cm³/mol. The number of nitrogens with one attached hydrogen (secondary N) is 1. The molecule has 2 fully saturated rings. The van der Waals surface area contributed by atoms with Crippen molar-refractivity contribution < 1.29 is 28.3 Å². The number of benzene rings is 2. The maximum atomic E-state index is 12.5. The first-order chi connectivity index (χ1) is 17.0. The molecule has 2 aromatic carbocycles. The van der Waals surface area contributed by atoms with Gasteiger partial charge in [0.2, 0.25) is 0 Å². The summed E-state index contributed by atoms with van der Waals surface area (Å²) in [5.74, 6) is 2.47. The van der Waals surface area contributed by atoms with Crippen molar-refractivity contribution in [1.82, 2.24) is 15.4 Å². The van der Waals surface area contributed by atoms with Crippen LogP contribution in [-0.4, -0.2) is 54.9 Å². The number of ether oxygens (including phenoxy) is 3. The third-order valence-corrected chi connectivity index (χ3v) is 6.72. The minimum atomic E-state index is -0.380. The summed E-state index contributed by atoms with van der Waals surface area (Å²) in [6.07, 6.45) is 1.56. The fraction of sp³-hybridized carbons (Fsp3) is 0.423. The highest BCUT2D eigenvalue weighted by Gasteiger charge is 2.43. The highest BCUT2D eigenvalue weighted by atomic mass is 16.6. The Morgan fingerprint density at radius 1 is 1.06 bits per heavy atom. The SMILES string of the molecule is CCOc1ccc2ccc(O[C@@H]3C[C@@H]4CN(C(=O)OCc5cc(C(=O)NC)no5)C[C@@H]4C3)cc2c1. The lowest BCUT2D eigenvalue weighted by atomic mass is 10.0. The van der Waals surface area contributed by atoms with Gasteiger partial charge < -0.3 is 29.0 Å². The molecule has 9 heteroatoms. The van der Waals surface area contributed by atoms with Gasteiger partial charge in [-0.1, -0.05) is 17.3 Å². The van der Waals surface area contributed by atoms with Crippen molar-refractivity contribution in [3.63, 3.8) is 0 Å². The van der Waals surface area contributed by atoms with Gasteiger partial charge in [-0.15, -0.1) is 0 Å². The van der Waals surface area contributed by atoms with Crippen molar-refractivity contribution in [2.75, 3.05) is 26.7 Å². The van der Waals surface area contributed by atoms with Crippen LogP contribution in [0.2, 0.25) is 0 Å². The van der Waals surface area contributed by atoms with E-state index in [0.29, 0.717) is 37.3 Å². The molecule has 0 spiro atoms. The summed E-state index contributed by atoms with van der Waals surface area (Å²) in [7, 11) is 1.51. The smallest absolute Gasteiger partial charge is 0.410 e. The predicted octanol–water partition coefficient (Wildman–Crippen LogP) is 4.01. The van der Waals surface area contributed by atoms with E-state index in [1.165, 1.54) is 13.1 Å². The van der Waals surface area contributed by atoms with Crippen LogP contribution in [0.25, 0.3) is 10.8 Å². The normalized spacial score (nSPS) is 21.1. The summed E-state index contributed by atoms with van der Waals surface area (Å²) in [6, 6.07) is 13.7. The van der Waals surface area contributed by atoms with Crippen molar-refractivity contribution in [3.05, 3.63) is 53.9 Å². The first-order valence-corrected chi connectivity index (χ1v) is 11.9. The van der Waals surface area contributed by atoms with Crippen LogP contribution < -0.4 is 14.8 Å². The number of aromatic nitrogens is 1. The third-order valence-electron chi connectivity index (χ3n) is 6.72. The van der Waals surface area contributed by atoms with E-state index >= 15 is 0 Å². The molecule has 0 unspecified atom stereocenters. The number of nitrogens with zero attached hydrogens (tertiary/aromatic N) is 2. The lowest BCUT2D eigenvalue weighted by molar-refractivity contribution is 0.0896. The van der Waals surface area contributed by atoms with Gasteiger partial charge in [0.1, 0.15) is 11.5 Å². The van der Waals surface area contributed by atoms with Gasteiger partial charge in [0.15, 0.2) is 18.1 Å². The van der Waals surface area contributed by atoms with Crippen LogP contribution in [0.5, 0.6) is 11.5 Å². The molecule has 0 radical (unpaired) electrons. The highest BCUT2D eigenvalue weighted by Crippen LogP contribution is 2.40. The standard InChI is InChI=1S/C26H29N3O6/c1-3-32-20-6-4-16-5-7-21(9-17(16)8-20)34-22-10-18-13-29(14-19(18)11-22)26(31)33-15-23-12-24(28-35-23)25(30)27-2/h4-9,12,18-19,22H,3,10-11,13-15H2,1-2H3,(H,27,30)/t18-,19+,22-. The molecule has 2 heterocycles. The third kappa shape index (κ3) is 5.03. The molecule has 3 atom stereocenters. The Morgan fingerprint density at radius 2 is 1.77 bits per heavy atom. The van der Waals surface area contributed by atoms with Crippen molar-refractivity contribution in [3.8, 4) is 11.5 Å². The molecule has 2 amide bonds. The van der Waals surface area contributed by atoms with Gasteiger partial charge in [0, 0.05) is 26.2 Å². The van der Waals surface area contributed by atoms with Crippen LogP contribution in [0.1, 0.15) is 36.0 Å². The van der Waals surface area contributed by atoms with E-state index in [-0.39, 0.29) is 30.4 Å². The molecule has 5 rings (SSSR count). The van der Waals surface area contributed by atoms with Crippen LogP contribution in [0.3, 0.4) is 0 Å². The first-order valence-electron chi connectivity index (χ1n) is 11.9. The molecular formula is C26H29N3O6. The van der Waals surface area contributed by atoms with Gasteiger partial charge in [0.05, 0.1) is 12.7 Å². The Morgan fingerprint density at radius 3 is 2.49 bits per heavy atom. The first kappa shape index (κ1) is 23.0. The molecule has 3 aromatic rings. The molecule has 9 nitrogen and oxygen atoms in total. The minimum absolute atomic E-state index is 0.0621. The van der Waals surface area contributed by atoms with Gasteiger partial charge in [0.25, 0.3) is 5.91 Å². The molecule has 2 aliphatic rings. The van der Waals surface area contributed by atoms with E-state index in [1.54, 1.807) is 4.90 Å². The maximum absolute atomic E-state index is 12.5. The van der Waals surface area contributed by atoms with Gasteiger partial charge in [-0.2, -0.15) is 0 Å². The average Bonchev–Trinajstić information content (AvgIpc) is 3.57. The molecule has 1 saturated carbocycles. The van der Waals surface area contributed by atoms with E-state index in [4.69, 9.17) is 18.7 Å². The van der Waals surface area contributed by atoms with Crippen molar-refractivity contribution in [2.45, 2.75) is 32.5 Å². The molecule has 1 aliphatic heterocycles. The van der Waals surface area contributed by atoms with Gasteiger partial charge in [-0.25, -0.2) is 4.79 Å². The monoisotopic (exact) mass is 479 g/mol. The molecular weight excluding hydrogens is 450 g/mol. The maximum Gasteiger partial charge on any atom is 0.410 e. The average molecular weight is 480 g/mol. The summed E-state index contributed by atoms with van der Waals surface area (Å²) in [6.45, 7) is 3.85. The fourth-order valence-corrected chi connectivity index (χ4v) is 5.06. The van der Waals surface area contributed by atoms with E-state index in [0.717, 1.165) is 35.1 Å². The number of carbonyl (C=O) groups is 2. The largest absolute Gasteiger partial charge is 0.494 e. The zero-order valence-corrected chi connectivity index (χ0v) is 19.9. The molecule has 184 valence electrons. The second-order valence-electron chi connectivity index (χ2n) is 9.05. The van der Waals surface area contributed by atoms with Crippen LogP contribution in [0.4, 0.5) is 4.79 Å². The summed E-state index contributed by atoms with van der Waals surface area (Å²) in [5, 5.41) is 8.38. The zero-order valence-electron chi connectivity index (χ0n) is 19.9. The zero-order chi connectivity index (χ0) is 24.4. The number of rotatable bonds is 7. The van der Waals surface area contributed by atoms with Gasteiger partial charge in [-0.05, 0) is 66.6 Å². The molecule has 1 aliphatic carbocycles. The summed E-state index contributed by atoms with van der Waals surface area (Å²) in [4.78, 5) is 25.8. The second-order valence-corrected chi connectivity index (χ2v) is 9.05.